The minimum Gasteiger partial charge on any atom is -0.766 e. The molecular formula is C7H5F6MoO9S2-7. The first-order chi connectivity index (χ1) is 10.9. The van der Waals surface area contributed by atoms with Crippen molar-refractivity contribution in [1.29, 1.82) is 0 Å². The number of alkyl halides is 6. The summed E-state index contributed by atoms with van der Waals surface area (Å²) in [7, 11) is 0. The van der Waals surface area contributed by atoms with Gasteiger partial charge in [-0.05, 0) is 0 Å². The molecule has 25 heavy (non-hydrogen) atoms. The summed E-state index contributed by atoms with van der Waals surface area (Å²) in [6.07, 6.45) is 0. The second-order valence-corrected chi connectivity index (χ2v) is 3.23. The van der Waals surface area contributed by atoms with E-state index in [0.29, 0.717) is 0 Å². The second kappa shape index (κ2) is 38.4. The molecule has 0 N–H and O–H groups in total. The summed E-state index contributed by atoms with van der Waals surface area (Å²) < 4.78 is 99.0. The van der Waals surface area contributed by atoms with E-state index in [-0.39, 0.29) is 21.1 Å². The Bertz CT molecular complexity index is 270. The predicted molar refractivity (Wildman–Crippen MR) is 63.7 cm³/mol. The maximum absolute atomic E-state index is 10.6. The van der Waals surface area contributed by atoms with E-state index >= 15 is 0 Å². The Morgan fingerprint density at radius 1 is 0.520 bits per heavy atom. The monoisotopic (exact) mass is 509 g/mol. The fraction of sp³-hybridized carbons (Fsp3) is 0.286. The molecule has 0 rings (SSSR count). The molecule has 0 aromatic carbocycles. The largest absolute Gasteiger partial charge is 0.766 e. The fourth-order valence-electron chi connectivity index (χ4n) is 0. The van der Waals surface area contributed by atoms with Crippen LogP contribution in [0.25, 0.3) is 0 Å². The Morgan fingerprint density at radius 3 is 0.560 bits per heavy atom. The quantitative estimate of drug-likeness (QED) is 0.137. The van der Waals surface area contributed by atoms with Gasteiger partial charge in [-0.2, -0.15) is 26.3 Å². The topological polar surface area (TPSA) is 166 Å². The molecule has 0 aliphatic heterocycles. The van der Waals surface area contributed by atoms with Gasteiger partial charge in [-0.3, -0.25) is 42.4 Å². The Kier molecular flexibility index (Phi) is 76.2. The number of hydrogen-bond donors (Lipinski definition) is 0. The standard InChI is InChI=1S/2CHF3O2S.5CHO.Mo/c2*2-1(3,4)7(5)6;5*1-2;/h2*(H,5,6);5*1H;/q;;5*-1;/p-2. The van der Waals surface area contributed by atoms with Gasteiger partial charge in [0.05, 0.1) is 22.2 Å². The number of carbonyl (C=O) groups excluding carboxylic acids is 5. The van der Waals surface area contributed by atoms with Crippen LogP contribution in [-0.4, -0.2) is 62.5 Å². The molecule has 2 unspecified atom stereocenters. The normalized spacial score (nSPS) is 10.1. The molecule has 0 saturated heterocycles. The van der Waals surface area contributed by atoms with E-state index in [1.54, 1.807) is 0 Å². The number of rotatable bonds is 0. The zero-order valence-electron chi connectivity index (χ0n) is 11.1. The molecule has 0 bridgehead atoms. The van der Waals surface area contributed by atoms with Crippen molar-refractivity contribution in [3.63, 3.8) is 0 Å². The third kappa shape index (κ3) is 84.4. The van der Waals surface area contributed by atoms with Crippen molar-refractivity contribution >= 4 is 56.1 Å². The average molecular weight is 507 g/mol. The van der Waals surface area contributed by atoms with E-state index < -0.39 is 33.2 Å². The molecular weight excluding hydrogens is 502 g/mol. The minimum absolute atomic E-state index is 0. The van der Waals surface area contributed by atoms with E-state index in [2.05, 4.69) is 33.9 Å². The Balaban J connectivity index is -0.0000000250. The van der Waals surface area contributed by atoms with Gasteiger partial charge < -0.3 is 33.1 Å². The molecule has 0 radical (unpaired) electrons. The summed E-state index contributed by atoms with van der Waals surface area (Å²) in [6, 6.07) is 0. The van der Waals surface area contributed by atoms with Crippen molar-refractivity contribution in [2.24, 2.45) is 0 Å². The third-order valence-electron chi connectivity index (χ3n) is 0.378. The van der Waals surface area contributed by atoms with E-state index in [0.717, 1.165) is 0 Å². The minimum atomic E-state index is -5.08. The molecule has 0 fully saturated rings. The van der Waals surface area contributed by atoms with Gasteiger partial charge in [-0.15, -0.1) is 0 Å². The van der Waals surface area contributed by atoms with Gasteiger partial charge in [0.1, 0.15) is 0 Å². The molecule has 0 aliphatic rings. The zero-order chi connectivity index (χ0) is 22.2. The SMILES string of the molecule is O=S([O-])C(F)(F)F.O=S([O-])C(F)(F)F.[CH-]=O.[CH-]=O.[CH-]=O.[CH-]=O.[CH-]=O.[Mo]. The van der Waals surface area contributed by atoms with Gasteiger partial charge in [0.15, 0.2) is 0 Å². The Morgan fingerprint density at radius 2 is 0.560 bits per heavy atom. The van der Waals surface area contributed by atoms with Crippen LogP contribution in [0.5, 0.6) is 0 Å². The molecule has 0 aromatic rings. The molecule has 9 nitrogen and oxygen atoms in total. The van der Waals surface area contributed by atoms with Crippen LogP contribution in [0, 0.1) is 0 Å². The molecule has 0 amide bonds. The zero-order valence-corrected chi connectivity index (χ0v) is 14.7. The first-order valence-corrected chi connectivity index (χ1v) is 5.54. The van der Waals surface area contributed by atoms with E-state index in [4.69, 9.17) is 41.5 Å². The average Bonchev–Trinajstić information content (AvgIpc) is 2.56. The van der Waals surface area contributed by atoms with Crippen molar-refractivity contribution < 1.29 is 88.9 Å². The Labute approximate surface area is 156 Å². The molecule has 0 heterocycles. The van der Waals surface area contributed by atoms with Crippen LogP contribution in [0.15, 0.2) is 0 Å². The fourth-order valence-corrected chi connectivity index (χ4v) is 0. The van der Waals surface area contributed by atoms with Gasteiger partial charge in [0.25, 0.3) is 0 Å². The summed E-state index contributed by atoms with van der Waals surface area (Å²) in [5.74, 6) is 0. The molecule has 0 saturated carbocycles. The predicted octanol–water partition coefficient (Wildman–Crippen LogP) is -0.602. The molecule has 154 valence electrons. The smallest absolute Gasteiger partial charge is 0.458 e. The maximum atomic E-state index is 10.6. The van der Waals surface area contributed by atoms with Gasteiger partial charge in [0, 0.05) is 21.1 Å². The number of hydrogen-bond acceptors (Lipinski definition) is 9. The summed E-state index contributed by atoms with van der Waals surface area (Å²) in [6.45, 7) is 16.2. The van der Waals surface area contributed by atoms with Gasteiger partial charge in [-0.1, -0.05) is 0 Å². The van der Waals surface area contributed by atoms with E-state index in [1.807, 2.05) is 0 Å². The Hall–Kier alpha value is -1.16. The molecule has 0 spiro atoms. The second-order valence-electron chi connectivity index (χ2n) is 1.36. The summed E-state index contributed by atoms with van der Waals surface area (Å²) >= 11 is -7.87. The van der Waals surface area contributed by atoms with Gasteiger partial charge >= 0.3 is 11.0 Å². The van der Waals surface area contributed by atoms with Gasteiger partial charge in [-0.25, -0.2) is 0 Å². The van der Waals surface area contributed by atoms with Crippen LogP contribution in [0.2, 0.25) is 0 Å². The van der Waals surface area contributed by atoms with Crippen LogP contribution in [-0.2, 0) is 67.2 Å². The first kappa shape index (κ1) is 49.6. The van der Waals surface area contributed by atoms with Crippen molar-refractivity contribution in [2.75, 3.05) is 0 Å². The van der Waals surface area contributed by atoms with Crippen molar-refractivity contribution in [1.82, 2.24) is 0 Å². The molecule has 0 aromatic heterocycles. The van der Waals surface area contributed by atoms with Crippen molar-refractivity contribution in [3.8, 4) is 0 Å². The van der Waals surface area contributed by atoms with Crippen molar-refractivity contribution in [3.05, 3.63) is 0 Å². The van der Waals surface area contributed by atoms with Crippen LogP contribution >= 0.6 is 0 Å². The van der Waals surface area contributed by atoms with E-state index in [9.17, 15) is 26.3 Å². The summed E-state index contributed by atoms with van der Waals surface area (Å²) in [4.78, 5) is 38.8. The summed E-state index contributed by atoms with van der Waals surface area (Å²) in [5, 5.41) is 0. The van der Waals surface area contributed by atoms with E-state index in [1.165, 1.54) is 0 Å². The van der Waals surface area contributed by atoms with Crippen molar-refractivity contribution in [2.45, 2.75) is 11.0 Å². The van der Waals surface area contributed by atoms with Gasteiger partial charge in [0.2, 0.25) is 0 Å². The number of halogens is 6. The maximum Gasteiger partial charge on any atom is 0.458 e. The molecule has 0 aliphatic carbocycles. The summed E-state index contributed by atoms with van der Waals surface area (Å²) in [5.41, 5.74) is -10.2. The third-order valence-corrected chi connectivity index (χ3v) is 1.13. The molecule has 2 atom stereocenters. The first-order valence-electron chi connectivity index (χ1n) is 3.39. The van der Waals surface area contributed by atoms with Crippen LogP contribution < -0.4 is 0 Å². The molecule has 18 heteroatoms. The van der Waals surface area contributed by atoms with Crippen LogP contribution in [0.1, 0.15) is 0 Å². The van der Waals surface area contributed by atoms with Crippen LogP contribution in [0.3, 0.4) is 0 Å². The van der Waals surface area contributed by atoms with Crippen LogP contribution in [0.4, 0.5) is 26.3 Å².